The van der Waals surface area contributed by atoms with Crippen LogP contribution in [-0.2, 0) is 4.79 Å². The predicted octanol–water partition coefficient (Wildman–Crippen LogP) is 0.756. The minimum absolute atomic E-state index is 0.401. The molecule has 0 rings (SSSR count). The van der Waals surface area contributed by atoms with Gasteiger partial charge in [0.25, 0.3) is 0 Å². The van der Waals surface area contributed by atoms with Crippen molar-refractivity contribution in [2.24, 2.45) is 5.73 Å². The van der Waals surface area contributed by atoms with E-state index in [0.717, 1.165) is 6.42 Å². The molecule has 0 aliphatic carbocycles. The van der Waals surface area contributed by atoms with Crippen molar-refractivity contribution in [3.63, 3.8) is 0 Å². The van der Waals surface area contributed by atoms with Gasteiger partial charge in [0.2, 0.25) is 0 Å². The number of carboxylic acid groups (broad SMARTS) is 1. The summed E-state index contributed by atoms with van der Waals surface area (Å²) >= 11 is 0. The van der Waals surface area contributed by atoms with E-state index in [1.165, 1.54) is 0 Å². The van der Waals surface area contributed by atoms with Crippen molar-refractivity contribution >= 4 is 5.97 Å². The molecule has 0 aromatic rings. The molecular formula is C7H13NO2. The van der Waals surface area contributed by atoms with Gasteiger partial charge in [0.15, 0.2) is 0 Å². The highest BCUT2D eigenvalue weighted by atomic mass is 16.4. The van der Waals surface area contributed by atoms with Gasteiger partial charge >= 0.3 is 5.97 Å². The Bertz CT molecular complexity index is 141. The van der Waals surface area contributed by atoms with E-state index in [4.69, 9.17) is 10.8 Å². The molecule has 3 heteroatoms. The van der Waals surface area contributed by atoms with Gasteiger partial charge in [0, 0.05) is 5.57 Å². The summed E-state index contributed by atoms with van der Waals surface area (Å²) in [6, 6.07) is 0. The number of carboxylic acids is 1. The summed E-state index contributed by atoms with van der Waals surface area (Å²) in [6.07, 6.45) is 2.90. The lowest BCUT2D eigenvalue weighted by atomic mass is 10.1. The molecule has 10 heavy (non-hydrogen) atoms. The lowest BCUT2D eigenvalue weighted by Crippen LogP contribution is -2.07. The van der Waals surface area contributed by atoms with Crippen molar-refractivity contribution in [3.05, 3.63) is 11.6 Å². The largest absolute Gasteiger partial charge is 0.478 e. The Morgan fingerprint density at radius 2 is 2.30 bits per heavy atom. The molecule has 0 bridgehead atoms. The van der Waals surface area contributed by atoms with Gasteiger partial charge < -0.3 is 10.8 Å². The summed E-state index contributed by atoms with van der Waals surface area (Å²) in [7, 11) is 0. The molecule has 0 atom stereocenters. The second kappa shape index (κ2) is 4.99. The smallest absolute Gasteiger partial charge is 0.331 e. The first-order chi connectivity index (χ1) is 4.72. The molecule has 0 radical (unpaired) electrons. The molecule has 58 valence electrons. The van der Waals surface area contributed by atoms with Gasteiger partial charge in [-0.15, -0.1) is 0 Å². The third kappa shape index (κ3) is 3.25. The van der Waals surface area contributed by atoms with Crippen LogP contribution in [0.15, 0.2) is 11.6 Å². The van der Waals surface area contributed by atoms with Crippen LogP contribution in [-0.4, -0.2) is 17.6 Å². The first-order valence-electron chi connectivity index (χ1n) is 3.34. The maximum absolute atomic E-state index is 10.4. The SMILES string of the molecule is CCC=C(CCN)C(=O)O. The number of rotatable bonds is 4. The van der Waals surface area contributed by atoms with Crippen molar-refractivity contribution in [2.75, 3.05) is 6.54 Å². The molecule has 0 amide bonds. The Kier molecular flexibility index (Phi) is 4.58. The Hall–Kier alpha value is -0.830. The summed E-state index contributed by atoms with van der Waals surface area (Å²) in [5, 5.41) is 8.51. The number of allylic oxidation sites excluding steroid dienone is 1. The number of nitrogens with two attached hydrogens (primary N) is 1. The minimum Gasteiger partial charge on any atom is -0.478 e. The van der Waals surface area contributed by atoms with Crippen molar-refractivity contribution in [1.82, 2.24) is 0 Å². The van der Waals surface area contributed by atoms with E-state index in [9.17, 15) is 4.79 Å². The van der Waals surface area contributed by atoms with E-state index in [1.54, 1.807) is 6.08 Å². The molecule has 3 nitrogen and oxygen atoms in total. The molecule has 0 aliphatic heterocycles. The summed E-state index contributed by atoms with van der Waals surface area (Å²) < 4.78 is 0. The second-order valence-electron chi connectivity index (χ2n) is 1.98. The lowest BCUT2D eigenvalue weighted by Gasteiger charge is -1.96. The molecule has 0 aliphatic rings. The van der Waals surface area contributed by atoms with Crippen molar-refractivity contribution in [2.45, 2.75) is 19.8 Å². The zero-order valence-corrected chi connectivity index (χ0v) is 6.13. The molecule has 0 saturated carbocycles. The molecule has 0 spiro atoms. The zero-order chi connectivity index (χ0) is 7.98. The van der Waals surface area contributed by atoms with Crippen LogP contribution in [0.25, 0.3) is 0 Å². The zero-order valence-electron chi connectivity index (χ0n) is 6.13. The molecule has 0 saturated heterocycles. The van der Waals surface area contributed by atoms with E-state index < -0.39 is 5.97 Å². The predicted molar refractivity (Wildman–Crippen MR) is 39.7 cm³/mol. The fourth-order valence-electron chi connectivity index (χ4n) is 0.698. The third-order valence-corrected chi connectivity index (χ3v) is 1.14. The molecule has 0 fully saturated rings. The summed E-state index contributed by atoms with van der Waals surface area (Å²) in [5.74, 6) is -0.854. The van der Waals surface area contributed by atoms with Crippen LogP contribution in [0.4, 0.5) is 0 Å². The van der Waals surface area contributed by atoms with E-state index in [0.29, 0.717) is 18.5 Å². The molecule has 3 N–H and O–H groups in total. The van der Waals surface area contributed by atoms with Gasteiger partial charge in [-0.3, -0.25) is 0 Å². The monoisotopic (exact) mass is 143 g/mol. The highest BCUT2D eigenvalue weighted by molar-refractivity contribution is 5.86. The van der Waals surface area contributed by atoms with Crippen LogP contribution >= 0.6 is 0 Å². The first kappa shape index (κ1) is 9.17. The van der Waals surface area contributed by atoms with Gasteiger partial charge in [-0.25, -0.2) is 4.79 Å². The highest BCUT2D eigenvalue weighted by Crippen LogP contribution is 2.00. The topological polar surface area (TPSA) is 63.3 Å². The molecule has 0 heterocycles. The Morgan fingerprint density at radius 1 is 1.70 bits per heavy atom. The molecule has 0 aromatic carbocycles. The second-order valence-corrected chi connectivity index (χ2v) is 1.98. The van der Waals surface area contributed by atoms with Crippen LogP contribution in [0, 0.1) is 0 Å². The summed E-state index contributed by atoms with van der Waals surface area (Å²) in [5.41, 5.74) is 5.61. The lowest BCUT2D eigenvalue weighted by molar-refractivity contribution is -0.132. The van der Waals surface area contributed by atoms with Crippen LogP contribution < -0.4 is 5.73 Å². The number of aliphatic carboxylic acids is 1. The number of carbonyl (C=O) groups is 1. The Labute approximate surface area is 60.5 Å². The quantitative estimate of drug-likeness (QED) is 0.571. The summed E-state index contributed by atoms with van der Waals surface area (Å²) in [6.45, 7) is 2.30. The Morgan fingerprint density at radius 3 is 2.60 bits per heavy atom. The van der Waals surface area contributed by atoms with Crippen LogP contribution in [0.5, 0.6) is 0 Å². The van der Waals surface area contributed by atoms with Gasteiger partial charge in [0.05, 0.1) is 0 Å². The maximum atomic E-state index is 10.4. The fourth-order valence-corrected chi connectivity index (χ4v) is 0.698. The number of hydrogen-bond acceptors (Lipinski definition) is 2. The molecule has 0 unspecified atom stereocenters. The fraction of sp³-hybridized carbons (Fsp3) is 0.571. The highest BCUT2D eigenvalue weighted by Gasteiger charge is 2.03. The van der Waals surface area contributed by atoms with E-state index >= 15 is 0 Å². The van der Waals surface area contributed by atoms with Crippen molar-refractivity contribution < 1.29 is 9.90 Å². The van der Waals surface area contributed by atoms with Gasteiger partial charge in [0.1, 0.15) is 0 Å². The van der Waals surface area contributed by atoms with E-state index in [2.05, 4.69) is 0 Å². The number of hydrogen-bond donors (Lipinski definition) is 2. The minimum atomic E-state index is -0.854. The van der Waals surface area contributed by atoms with Crippen LogP contribution in [0.3, 0.4) is 0 Å². The van der Waals surface area contributed by atoms with Gasteiger partial charge in [-0.1, -0.05) is 13.0 Å². The van der Waals surface area contributed by atoms with Crippen LogP contribution in [0.1, 0.15) is 19.8 Å². The van der Waals surface area contributed by atoms with Gasteiger partial charge in [-0.05, 0) is 19.4 Å². The van der Waals surface area contributed by atoms with Gasteiger partial charge in [-0.2, -0.15) is 0 Å². The van der Waals surface area contributed by atoms with E-state index in [1.807, 2.05) is 6.92 Å². The molecular weight excluding hydrogens is 130 g/mol. The maximum Gasteiger partial charge on any atom is 0.331 e. The molecule has 0 aromatic heterocycles. The van der Waals surface area contributed by atoms with E-state index in [-0.39, 0.29) is 0 Å². The Balaban J connectivity index is 3.98. The third-order valence-electron chi connectivity index (χ3n) is 1.14. The van der Waals surface area contributed by atoms with Crippen molar-refractivity contribution in [1.29, 1.82) is 0 Å². The average molecular weight is 143 g/mol. The standard InChI is InChI=1S/C7H13NO2/c1-2-3-6(4-5-8)7(9)10/h3H,2,4-5,8H2,1H3,(H,9,10). The van der Waals surface area contributed by atoms with Crippen molar-refractivity contribution in [3.8, 4) is 0 Å². The normalized spacial score (nSPS) is 11.6. The van der Waals surface area contributed by atoms with Crippen LogP contribution in [0.2, 0.25) is 0 Å². The first-order valence-corrected chi connectivity index (χ1v) is 3.34. The summed E-state index contributed by atoms with van der Waals surface area (Å²) in [4.78, 5) is 10.4. The average Bonchev–Trinajstić information content (AvgIpc) is 1.87.